The van der Waals surface area contributed by atoms with Crippen LogP contribution in [0, 0.1) is 0 Å². The zero-order valence-corrected chi connectivity index (χ0v) is 19.1. The first-order valence-corrected chi connectivity index (χ1v) is 12.7. The number of hydrogen-bond donors (Lipinski definition) is 0. The van der Waals surface area contributed by atoms with E-state index in [0.717, 1.165) is 10.8 Å². The van der Waals surface area contributed by atoms with Gasteiger partial charge in [0.25, 0.3) is 20.0 Å². The van der Waals surface area contributed by atoms with Crippen molar-refractivity contribution in [3.05, 3.63) is 111 Å². The third-order valence-corrected chi connectivity index (χ3v) is 7.97. The Morgan fingerprint density at radius 1 is 0.613 bits per heavy atom. The highest BCUT2D eigenvalue weighted by Crippen LogP contribution is 2.31. The number of anilines is 1. The fourth-order valence-corrected chi connectivity index (χ4v) is 6.30. The summed E-state index contributed by atoms with van der Waals surface area (Å²) in [6, 6.07) is 21.1. The third kappa shape index (κ3) is 6.21. The average Bonchev–Trinajstić information content (AvgIpc) is 2.71. The van der Waals surface area contributed by atoms with Crippen LogP contribution in [0.4, 0.5) is 5.69 Å². The Morgan fingerprint density at radius 3 is 1.39 bits per heavy atom. The topological polar surface area (TPSA) is 71.5 Å². The predicted octanol–water partition coefficient (Wildman–Crippen LogP) is 5.80. The Kier molecular flexibility index (Phi) is 7.23. The zero-order chi connectivity index (χ0) is 22.5. The Balaban J connectivity index is 2.10. The summed E-state index contributed by atoms with van der Waals surface area (Å²) in [7, 11) is -8.95. The van der Waals surface area contributed by atoms with Gasteiger partial charge in [0.05, 0.1) is 16.5 Å². The molecule has 0 amide bonds. The second-order valence-corrected chi connectivity index (χ2v) is 10.8. The van der Waals surface area contributed by atoms with E-state index in [1.807, 2.05) is 0 Å². The summed E-state index contributed by atoms with van der Waals surface area (Å²) < 4.78 is 52.8. The lowest BCUT2D eigenvalue weighted by molar-refractivity contribution is 0.594. The van der Waals surface area contributed by atoms with Crippen molar-refractivity contribution in [1.82, 2.24) is 0 Å². The molecule has 31 heavy (non-hydrogen) atoms. The Morgan fingerprint density at radius 2 is 1.00 bits per heavy atom. The van der Waals surface area contributed by atoms with E-state index in [9.17, 15) is 16.8 Å². The minimum absolute atomic E-state index is 0.0944. The smallest absolute Gasteiger partial charge is 0.201 e. The molecule has 160 valence electrons. The van der Waals surface area contributed by atoms with Gasteiger partial charge in [-0.1, -0.05) is 83.9 Å². The van der Waals surface area contributed by atoms with E-state index in [0.29, 0.717) is 14.8 Å². The summed E-state index contributed by atoms with van der Waals surface area (Å²) in [5, 5.41) is 1.84. The molecule has 3 aromatic rings. The van der Waals surface area contributed by atoms with Crippen molar-refractivity contribution in [2.45, 2.75) is 0 Å². The molecule has 3 aromatic carbocycles. The third-order valence-electron chi connectivity index (χ3n) is 3.98. The number of sulfonamides is 2. The first kappa shape index (κ1) is 23.1. The fourth-order valence-electron chi connectivity index (χ4n) is 2.65. The van der Waals surface area contributed by atoms with Crippen molar-refractivity contribution in [3.8, 4) is 0 Å². The van der Waals surface area contributed by atoms with Gasteiger partial charge in [-0.15, -0.1) is 0 Å². The summed E-state index contributed by atoms with van der Waals surface area (Å²) in [5.41, 5.74) is 0.979. The van der Waals surface area contributed by atoms with Crippen LogP contribution in [0.15, 0.2) is 89.7 Å². The summed E-state index contributed by atoms with van der Waals surface area (Å²) in [4.78, 5) is 0. The van der Waals surface area contributed by atoms with Crippen LogP contribution >= 0.6 is 23.2 Å². The van der Waals surface area contributed by atoms with E-state index in [1.165, 1.54) is 30.4 Å². The SMILES string of the molecule is O=S(=O)(/C=C/c1ccccc1)N(c1cc(Cl)cc(Cl)c1)S(=O)(=O)/C=C/c1ccccc1. The first-order valence-electron chi connectivity index (χ1n) is 8.90. The second kappa shape index (κ2) is 9.70. The molecule has 0 aromatic heterocycles. The van der Waals surface area contributed by atoms with Crippen LogP contribution in [0.5, 0.6) is 0 Å². The van der Waals surface area contributed by atoms with Gasteiger partial charge >= 0.3 is 0 Å². The lowest BCUT2D eigenvalue weighted by Crippen LogP contribution is -2.34. The number of halogens is 2. The molecule has 0 saturated carbocycles. The Bertz CT molecular complexity index is 1220. The van der Waals surface area contributed by atoms with Crippen molar-refractivity contribution >= 4 is 61.1 Å². The van der Waals surface area contributed by atoms with Gasteiger partial charge in [0.15, 0.2) is 0 Å². The molecular formula is C22H17Cl2NO4S2. The number of nitrogens with zero attached hydrogens (tertiary/aromatic N) is 1. The van der Waals surface area contributed by atoms with Crippen LogP contribution < -0.4 is 3.71 Å². The molecule has 0 bridgehead atoms. The highest BCUT2D eigenvalue weighted by Gasteiger charge is 2.31. The van der Waals surface area contributed by atoms with Crippen LogP contribution in [0.1, 0.15) is 11.1 Å². The number of benzene rings is 3. The van der Waals surface area contributed by atoms with E-state index in [2.05, 4.69) is 0 Å². The molecule has 0 N–H and O–H groups in total. The molecule has 0 aliphatic rings. The molecule has 0 radical (unpaired) electrons. The molecule has 0 saturated heterocycles. The maximum absolute atomic E-state index is 13.1. The van der Waals surface area contributed by atoms with E-state index in [4.69, 9.17) is 23.2 Å². The summed E-state index contributed by atoms with van der Waals surface area (Å²) in [6.45, 7) is 0. The lowest BCUT2D eigenvalue weighted by atomic mass is 10.2. The zero-order valence-electron chi connectivity index (χ0n) is 16.0. The summed E-state index contributed by atoms with van der Waals surface area (Å²) in [5.74, 6) is 0. The van der Waals surface area contributed by atoms with Crippen LogP contribution in [0.25, 0.3) is 12.2 Å². The molecule has 0 heterocycles. The molecule has 9 heteroatoms. The molecule has 5 nitrogen and oxygen atoms in total. The van der Waals surface area contributed by atoms with Crippen molar-refractivity contribution in [1.29, 1.82) is 0 Å². The van der Waals surface area contributed by atoms with E-state index >= 15 is 0 Å². The molecule has 0 spiro atoms. The molecule has 0 fully saturated rings. The van der Waals surface area contributed by atoms with Crippen molar-refractivity contribution in [2.75, 3.05) is 3.71 Å². The van der Waals surface area contributed by atoms with Crippen molar-refractivity contribution < 1.29 is 16.8 Å². The highest BCUT2D eigenvalue weighted by molar-refractivity contribution is 8.12. The number of rotatable bonds is 7. The van der Waals surface area contributed by atoms with Gasteiger partial charge in [0, 0.05) is 10.0 Å². The monoisotopic (exact) mass is 493 g/mol. The molecular weight excluding hydrogens is 477 g/mol. The first-order chi connectivity index (χ1) is 14.7. The quantitative estimate of drug-likeness (QED) is 0.416. The molecule has 3 rings (SSSR count). The largest absolute Gasteiger partial charge is 0.270 e. The highest BCUT2D eigenvalue weighted by atomic mass is 35.5. The van der Waals surface area contributed by atoms with Crippen molar-refractivity contribution in [3.63, 3.8) is 0 Å². The molecule has 0 unspecified atom stereocenters. The van der Waals surface area contributed by atoms with Crippen LogP contribution in [-0.4, -0.2) is 16.8 Å². The number of hydrogen-bond acceptors (Lipinski definition) is 4. The van der Waals surface area contributed by atoms with Gasteiger partial charge < -0.3 is 0 Å². The molecule has 0 aliphatic carbocycles. The van der Waals surface area contributed by atoms with Gasteiger partial charge in [-0.05, 0) is 41.5 Å². The fraction of sp³-hybridized carbons (Fsp3) is 0. The van der Waals surface area contributed by atoms with Crippen LogP contribution in [0.3, 0.4) is 0 Å². The van der Waals surface area contributed by atoms with E-state index in [1.54, 1.807) is 60.7 Å². The van der Waals surface area contributed by atoms with E-state index < -0.39 is 20.0 Å². The normalized spacial score (nSPS) is 12.5. The maximum atomic E-state index is 13.1. The van der Waals surface area contributed by atoms with Gasteiger partial charge in [0.1, 0.15) is 0 Å². The standard InChI is InChI=1S/C22H17Cl2NO4S2/c23-20-15-21(24)17-22(16-20)25(30(26,27)13-11-18-7-3-1-4-8-18)31(28,29)14-12-19-9-5-2-6-10-19/h1-17H/b13-11+,14-12+. The van der Waals surface area contributed by atoms with Gasteiger partial charge in [-0.2, -0.15) is 3.71 Å². The van der Waals surface area contributed by atoms with Gasteiger partial charge in [-0.25, -0.2) is 16.8 Å². The minimum Gasteiger partial charge on any atom is -0.201 e. The maximum Gasteiger partial charge on any atom is 0.270 e. The average molecular weight is 494 g/mol. The predicted molar refractivity (Wildman–Crippen MR) is 128 cm³/mol. The summed E-state index contributed by atoms with van der Waals surface area (Å²) >= 11 is 12.0. The molecule has 0 aliphatic heterocycles. The van der Waals surface area contributed by atoms with Crippen LogP contribution in [0.2, 0.25) is 10.0 Å². The van der Waals surface area contributed by atoms with Gasteiger partial charge in [-0.3, -0.25) is 0 Å². The Labute approximate surface area is 192 Å². The van der Waals surface area contributed by atoms with E-state index in [-0.39, 0.29) is 15.7 Å². The summed E-state index contributed by atoms with van der Waals surface area (Å²) in [6.07, 6.45) is 2.62. The van der Waals surface area contributed by atoms with Crippen molar-refractivity contribution in [2.24, 2.45) is 0 Å². The Hall–Kier alpha value is -2.58. The van der Waals surface area contributed by atoms with Crippen LogP contribution in [-0.2, 0) is 20.0 Å². The van der Waals surface area contributed by atoms with Gasteiger partial charge in [0.2, 0.25) is 0 Å². The molecule has 0 atom stereocenters. The minimum atomic E-state index is -4.47. The second-order valence-electron chi connectivity index (χ2n) is 6.34. The lowest BCUT2D eigenvalue weighted by Gasteiger charge is -2.21.